The summed E-state index contributed by atoms with van der Waals surface area (Å²) >= 11 is 0. The number of hydrazone groups is 1. The lowest BCUT2D eigenvalue weighted by atomic mass is 10.1. The molecule has 1 aliphatic rings. The van der Waals surface area contributed by atoms with Gasteiger partial charge >= 0.3 is 0 Å². The van der Waals surface area contributed by atoms with Gasteiger partial charge in [-0.25, -0.2) is 13.8 Å². The molecule has 0 spiro atoms. The van der Waals surface area contributed by atoms with Crippen molar-refractivity contribution in [2.75, 3.05) is 7.05 Å². The van der Waals surface area contributed by atoms with Gasteiger partial charge in [-0.05, 0) is 18.2 Å². The molecule has 0 fully saturated rings. The standard InChI is InChI=1S/C10H8F2N2O/c1-14-10(15)5-9(13-14)6-2-3-7(11)8(12)4-6/h2-4H,5H2,1H3. The number of benzene rings is 1. The molecule has 2 rings (SSSR count). The van der Waals surface area contributed by atoms with E-state index < -0.39 is 11.6 Å². The van der Waals surface area contributed by atoms with E-state index in [0.29, 0.717) is 11.3 Å². The minimum Gasteiger partial charge on any atom is -0.273 e. The molecule has 15 heavy (non-hydrogen) atoms. The average Bonchev–Trinajstić information content (AvgIpc) is 2.52. The van der Waals surface area contributed by atoms with Gasteiger partial charge in [0.15, 0.2) is 11.6 Å². The number of rotatable bonds is 1. The Balaban J connectivity index is 2.35. The summed E-state index contributed by atoms with van der Waals surface area (Å²) in [5.41, 5.74) is 0.896. The zero-order valence-electron chi connectivity index (χ0n) is 8.00. The number of carbonyl (C=O) groups excluding carboxylic acids is 1. The molecule has 78 valence electrons. The van der Waals surface area contributed by atoms with Crippen molar-refractivity contribution in [3.05, 3.63) is 35.4 Å². The van der Waals surface area contributed by atoms with Crippen LogP contribution in [-0.2, 0) is 4.79 Å². The molecule has 0 radical (unpaired) electrons. The fraction of sp³-hybridized carbons (Fsp3) is 0.200. The summed E-state index contributed by atoms with van der Waals surface area (Å²) in [5, 5.41) is 5.11. The van der Waals surface area contributed by atoms with Crippen LogP contribution in [-0.4, -0.2) is 23.7 Å². The molecule has 0 bridgehead atoms. The highest BCUT2D eigenvalue weighted by Gasteiger charge is 2.21. The Kier molecular flexibility index (Phi) is 2.22. The highest BCUT2D eigenvalue weighted by atomic mass is 19.2. The summed E-state index contributed by atoms with van der Waals surface area (Å²) in [4.78, 5) is 11.2. The topological polar surface area (TPSA) is 32.7 Å². The number of hydrogen-bond acceptors (Lipinski definition) is 2. The van der Waals surface area contributed by atoms with Gasteiger partial charge in [0.2, 0.25) is 5.91 Å². The zero-order valence-corrected chi connectivity index (χ0v) is 8.00. The normalized spacial score (nSPS) is 15.8. The van der Waals surface area contributed by atoms with Crippen molar-refractivity contribution in [2.24, 2.45) is 5.10 Å². The highest BCUT2D eigenvalue weighted by molar-refractivity contribution is 6.13. The van der Waals surface area contributed by atoms with E-state index in [0.717, 1.165) is 12.1 Å². The Morgan fingerprint density at radius 2 is 2.07 bits per heavy atom. The van der Waals surface area contributed by atoms with E-state index in [9.17, 15) is 13.6 Å². The van der Waals surface area contributed by atoms with Gasteiger partial charge in [-0.2, -0.15) is 5.10 Å². The fourth-order valence-corrected chi connectivity index (χ4v) is 1.37. The van der Waals surface area contributed by atoms with Gasteiger partial charge in [0.05, 0.1) is 12.1 Å². The van der Waals surface area contributed by atoms with E-state index in [-0.39, 0.29) is 12.3 Å². The minimum absolute atomic E-state index is 0.127. The molecule has 1 aromatic rings. The van der Waals surface area contributed by atoms with Crippen LogP contribution in [0.25, 0.3) is 0 Å². The molecule has 1 aromatic carbocycles. The van der Waals surface area contributed by atoms with Crippen molar-refractivity contribution in [3.63, 3.8) is 0 Å². The van der Waals surface area contributed by atoms with E-state index in [4.69, 9.17) is 0 Å². The number of carbonyl (C=O) groups is 1. The van der Waals surface area contributed by atoms with Crippen LogP contribution in [0.5, 0.6) is 0 Å². The van der Waals surface area contributed by atoms with Crippen LogP contribution in [0.2, 0.25) is 0 Å². The van der Waals surface area contributed by atoms with E-state index in [1.54, 1.807) is 0 Å². The third kappa shape index (κ3) is 1.72. The molecule has 1 aliphatic heterocycles. The molecule has 0 aromatic heterocycles. The first-order valence-corrected chi connectivity index (χ1v) is 4.37. The summed E-state index contributed by atoms with van der Waals surface area (Å²) in [6, 6.07) is 3.47. The molecule has 0 saturated carbocycles. The molecule has 0 unspecified atom stereocenters. The molecule has 1 amide bonds. The maximum Gasteiger partial charge on any atom is 0.248 e. The zero-order chi connectivity index (χ0) is 11.0. The third-order valence-corrected chi connectivity index (χ3v) is 2.20. The van der Waals surface area contributed by atoms with Crippen LogP contribution in [0.3, 0.4) is 0 Å². The van der Waals surface area contributed by atoms with Gasteiger partial charge in [-0.1, -0.05) is 0 Å². The Morgan fingerprint density at radius 3 is 2.60 bits per heavy atom. The number of amides is 1. The monoisotopic (exact) mass is 210 g/mol. The maximum absolute atomic E-state index is 12.9. The smallest absolute Gasteiger partial charge is 0.248 e. The molecular weight excluding hydrogens is 202 g/mol. The molecule has 5 heteroatoms. The van der Waals surface area contributed by atoms with E-state index >= 15 is 0 Å². The van der Waals surface area contributed by atoms with Gasteiger partial charge in [0, 0.05) is 12.6 Å². The molecule has 0 aliphatic carbocycles. The second-order valence-corrected chi connectivity index (χ2v) is 3.27. The lowest BCUT2D eigenvalue weighted by molar-refractivity contribution is -0.127. The summed E-state index contributed by atoms with van der Waals surface area (Å²) in [7, 11) is 1.52. The van der Waals surface area contributed by atoms with E-state index in [1.807, 2.05) is 0 Å². The highest BCUT2D eigenvalue weighted by Crippen LogP contribution is 2.16. The van der Waals surface area contributed by atoms with E-state index in [1.165, 1.54) is 18.1 Å². The van der Waals surface area contributed by atoms with Crippen LogP contribution < -0.4 is 0 Å². The van der Waals surface area contributed by atoms with Crippen molar-refractivity contribution < 1.29 is 13.6 Å². The summed E-state index contributed by atoms with van der Waals surface area (Å²) in [5.74, 6) is -2.00. The Labute approximate surface area is 85.0 Å². The minimum atomic E-state index is -0.933. The van der Waals surface area contributed by atoms with Crippen LogP contribution in [0.4, 0.5) is 8.78 Å². The third-order valence-electron chi connectivity index (χ3n) is 2.20. The SMILES string of the molecule is CN1N=C(c2ccc(F)c(F)c2)CC1=O. The number of hydrogen-bond donors (Lipinski definition) is 0. The van der Waals surface area contributed by atoms with E-state index in [2.05, 4.69) is 5.10 Å². The Bertz CT molecular complexity index is 457. The predicted octanol–water partition coefficient (Wildman–Crippen LogP) is 1.53. The second-order valence-electron chi connectivity index (χ2n) is 3.27. The fourth-order valence-electron chi connectivity index (χ4n) is 1.37. The van der Waals surface area contributed by atoms with Gasteiger partial charge in [0.1, 0.15) is 0 Å². The Morgan fingerprint density at radius 1 is 1.33 bits per heavy atom. The predicted molar refractivity (Wildman–Crippen MR) is 50.3 cm³/mol. The van der Waals surface area contributed by atoms with Crippen LogP contribution in [0.15, 0.2) is 23.3 Å². The van der Waals surface area contributed by atoms with Crippen molar-refractivity contribution in [1.29, 1.82) is 0 Å². The molecule has 1 heterocycles. The van der Waals surface area contributed by atoms with Gasteiger partial charge in [0.25, 0.3) is 0 Å². The number of halogens is 2. The average molecular weight is 210 g/mol. The van der Waals surface area contributed by atoms with Crippen LogP contribution in [0.1, 0.15) is 12.0 Å². The summed E-state index contributed by atoms with van der Waals surface area (Å²) in [6.45, 7) is 0. The number of nitrogens with zero attached hydrogens (tertiary/aromatic N) is 2. The lowest BCUT2D eigenvalue weighted by Crippen LogP contribution is -2.14. The van der Waals surface area contributed by atoms with Crippen molar-refractivity contribution >= 4 is 11.6 Å². The van der Waals surface area contributed by atoms with Gasteiger partial charge in [-0.15, -0.1) is 0 Å². The second kappa shape index (κ2) is 3.42. The summed E-state index contributed by atoms with van der Waals surface area (Å²) in [6.07, 6.45) is 0.127. The van der Waals surface area contributed by atoms with Crippen molar-refractivity contribution in [2.45, 2.75) is 6.42 Å². The van der Waals surface area contributed by atoms with Gasteiger partial charge < -0.3 is 0 Å². The quantitative estimate of drug-likeness (QED) is 0.691. The first kappa shape index (κ1) is 9.76. The molecule has 0 N–H and O–H groups in total. The van der Waals surface area contributed by atoms with Crippen LogP contribution in [0, 0.1) is 11.6 Å². The van der Waals surface area contributed by atoms with Gasteiger partial charge in [-0.3, -0.25) is 4.79 Å². The summed E-state index contributed by atoms with van der Waals surface area (Å²) < 4.78 is 25.5. The Hall–Kier alpha value is -1.78. The maximum atomic E-state index is 12.9. The lowest BCUT2D eigenvalue weighted by Gasteiger charge is -2.00. The molecule has 3 nitrogen and oxygen atoms in total. The van der Waals surface area contributed by atoms with Crippen LogP contribution >= 0.6 is 0 Å². The van der Waals surface area contributed by atoms with Crippen molar-refractivity contribution in [1.82, 2.24) is 5.01 Å². The molecular formula is C10H8F2N2O. The molecule has 0 atom stereocenters. The van der Waals surface area contributed by atoms with Crippen molar-refractivity contribution in [3.8, 4) is 0 Å². The first-order chi connectivity index (χ1) is 7.08. The first-order valence-electron chi connectivity index (χ1n) is 4.37. The molecule has 0 saturated heterocycles. The largest absolute Gasteiger partial charge is 0.273 e.